The minimum absolute atomic E-state index is 0.103. The van der Waals surface area contributed by atoms with Gasteiger partial charge in [-0.25, -0.2) is 0 Å². The van der Waals surface area contributed by atoms with E-state index in [1.165, 1.54) is 0 Å². The summed E-state index contributed by atoms with van der Waals surface area (Å²) in [6, 6.07) is 3.63. The van der Waals surface area contributed by atoms with E-state index in [0.29, 0.717) is 12.1 Å². The van der Waals surface area contributed by atoms with E-state index in [4.69, 9.17) is 4.42 Å². The van der Waals surface area contributed by atoms with Crippen molar-refractivity contribution in [1.29, 1.82) is 0 Å². The van der Waals surface area contributed by atoms with Crippen molar-refractivity contribution in [1.82, 2.24) is 15.1 Å². The summed E-state index contributed by atoms with van der Waals surface area (Å²) in [5.41, 5.74) is 2.38. The molecule has 18 heavy (non-hydrogen) atoms. The lowest BCUT2D eigenvalue weighted by Crippen LogP contribution is -2.24. The van der Waals surface area contributed by atoms with Crippen LogP contribution in [0.25, 0.3) is 0 Å². The number of nitrogens with one attached hydrogen (secondary N) is 1. The Morgan fingerprint density at radius 1 is 1.56 bits per heavy atom. The standard InChI is InChI=1S/C13H17N3O2/c1-4-11-12(9(2)15-16(11)3)13(17)14-8-10-6-5-7-18-10/h5-7H,4,8H2,1-3H3,(H,14,17). The number of carbonyl (C=O) groups excluding carboxylic acids is 1. The number of amides is 1. The second-order valence-corrected chi connectivity index (χ2v) is 4.15. The summed E-state index contributed by atoms with van der Waals surface area (Å²) in [7, 11) is 1.86. The summed E-state index contributed by atoms with van der Waals surface area (Å²) in [6.07, 6.45) is 2.37. The van der Waals surface area contributed by atoms with Crippen LogP contribution >= 0.6 is 0 Å². The highest BCUT2D eigenvalue weighted by Crippen LogP contribution is 2.13. The van der Waals surface area contributed by atoms with E-state index in [1.54, 1.807) is 17.0 Å². The lowest BCUT2D eigenvalue weighted by atomic mass is 10.1. The van der Waals surface area contributed by atoms with Gasteiger partial charge in [0.05, 0.1) is 29.8 Å². The molecule has 0 aliphatic heterocycles. The minimum atomic E-state index is -0.103. The van der Waals surface area contributed by atoms with E-state index in [9.17, 15) is 4.79 Å². The fourth-order valence-electron chi connectivity index (χ4n) is 2.08. The Morgan fingerprint density at radius 2 is 2.33 bits per heavy atom. The van der Waals surface area contributed by atoms with Crippen molar-refractivity contribution in [3.8, 4) is 0 Å². The first kappa shape index (κ1) is 12.4. The molecule has 0 unspecified atom stereocenters. The van der Waals surface area contributed by atoms with E-state index in [-0.39, 0.29) is 5.91 Å². The highest BCUT2D eigenvalue weighted by molar-refractivity contribution is 5.96. The molecular formula is C13H17N3O2. The normalized spacial score (nSPS) is 10.6. The Hall–Kier alpha value is -2.04. The Bertz CT molecular complexity index is 541. The average Bonchev–Trinajstić information content (AvgIpc) is 2.93. The van der Waals surface area contributed by atoms with Gasteiger partial charge in [-0.15, -0.1) is 0 Å². The summed E-state index contributed by atoms with van der Waals surface area (Å²) >= 11 is 0. The molecule has 1 amide bonds. The van der Waals surface area contributed by atoms with Crippen molar-refractivity contribution in [2.45, 2.75) is 26.8 Å². The van der Waals surface area contributed by atoms with E-state index < -0.39 is 0 Å². The molecule has 0 saturated carbocycles. The van der Waals surface area contributed by atoms with Gasteiger partial charge in [-0.05, 0) is 25.5 Å². The maximum absolute atomic E-state index is 12.1. The summed E-state index contributed by atoms with van der Waals surface area (Å²) < 4.78 is 6.94. The smallest absolute Gasteiger partial charge is 0.255 e. The van der Waals surface area contributed by atoms with Crippen LogP contribution in [0.3, 0.4) is 0 Å². The number of aromatic nitrogens is 2. The highest BCUT2D eigenvalue weighted by Gasteiger charge is 2.18. The largest absolute Gasteiger partial charge is 0.467 e. The van der Waals surface area contributed by atoms with Gasteiger partial charge in [-0.1, -0.05) is 6.92 Å². The monoisotopic (exact) mass is 247 g/mol. The molecule has 0 atom stereocenters. The van der Waals surface area contributed by atoms with Gasteiger partial charge in [0.2, 0.25) is 0 Å². The fraction of sp³-hybridized carbons (Fsp3) is 0.385. The molecule has 2 heterocycles. The van der Waals surface area contributed by atoms with Gasteiger partial charge in [0, 0.05) is 7.05 Å². The first-order chi connectivity index (χ1) is 8.63. The van der Waals surface area contributed by atoms with Gasteiger partial charge < -0.3 is 9.73 Å². The van der Waals surface area contributed by atoms with Gasteiger partial charge in [-0.2, -0.15) is 5.10 Å². The maximum Gasteiger partial charge on any atom is 0.255 e. The van der Waals surface area contributed by atoms with Crippen LogP contribution in [0.5, 0.6) is 0 Å². The van der Waals surface area contributed by atoms with Gasteiger partial charge >= 0.3 is 0 Å². The van der Waals surface area contributed by atoms with Crippen molar-refractivity contribution >= 4 is 5.91 Å². The first-order valence-corrected chi connectivity index (χ1v) is 5.96. The lowest BCUT2D eigenvalue weighted by Gasteiger charge is -2.05. The molecule has 2 aromatic heterocycles. The number of furan rings is 1. The number of aryl methyl sites for hydroxylation is 2. The van der Waals surface area contributed by atoms with Crippen LogP contribution in [0.4, 0.5) is 0 Å². The molecular weight excluding hydrogens is 230 g/mol. The van der Waals surface area contributed by atoms with E-state index in [0.717, 1.165) is 23.6 Å². The molecule has 5 nitrogen and oxygen atoms in total. The molecule has 0 aliphatic rings. The van der Waals surface area contributed by atoms with Crippen LogP contribution in [0.2, 0.25) is 0 Å². The Balaban J connectivity index is 2.13. The zero-order valence-electron chi connectivity index (χ0n) is 10.9. The Morgan fingerprint density at radius 3 is 2.94 bits per heavy atom. The second kappa shape index (κ2) is 5.08. The molecule has 0 fully saturated rings. The summed E-state index contributed by atoms with van der Waals surface area (Å²) in [5, 5.41) is 7.12. The van der Waals surface area contributed by atoms with Crippen LogP contribution < -0.4 is 5.32 Å². The molecule has 0 saturated heterocycles. The fourth-order valence-corrected chi connectivity index (χ4v) is 2.08. The molecule has 0 bridgehead atoms. The maximum atomic E-state index is 12.1. The summed E-state index contributed by atoms with van der Waals surface area (Å²) in [5.74, 6) is 0.636. The topological polar surface area (TPSA) is 60.1 Å². The molecule has 0 aliphatic carbocycles. The predicted molar refractivity (Wildman–Crippen MR) is 67.2 cm³/mol. The lowest BCUT2D eigenvalue weighted by molar-refractivity contribution is 0.0946. The number of rotatable bonds is 4. The zero-order valence-corrected chi connectivity index (χ0v) is 10.9. The number of nitrogens with zero attached hydrogens (tertiary/aromatic N) is 2. The van der Waals surface area contributed by atoms with Crippen LogP contribution in [0.15, 0.2) is 22.8 Å². The van der Waals surface area contributed by atoms with Crippen LogP contribution in [-0.4, -0.2) is 15.7 Å². The van der Waals surface area contributed by atoms with Crippen LogP contribution in [-0.2, 0) is 20.0 Å². The minimum Gasteiger partial charge on any atom is -0.467 e. The summed E-state index contributed by atoms with van der Waals surface area (Å²) in [4.78, 5) is 12.1. The molecule has 0 aromatic carbocycles. The molecule has 0 radical (unpaired) electrons. The third-order valence-electron chi connectivity index (χ3n) is 2.91. The molecule has 2 aromatic rings. The summed E-state index contributed by atoms with van der Waals surface area (Å²) in [6.45, 7) is 4.25. The van der Waals surface area contributed by atoms with Crippen LogP contribution in [0, 0.1) is 6.92 Å². The zero-order chi connectivity index (χ0) is 13.1. The van der Waals surface area contributed by atoms with E-state index in [2.05, 4.69) is 10.4 Å². The molecule has 1 N–H and O–H groups in total. The second-order valence-electron chi connectivity index (χ2n) is 4.15. The van der Waals surface area contributed by atoms with Crippen molar-refractivity contribution in [2.24, 2.45) is 7.05 Å². The van der Waals surface area contributed by atoms with Crippen molar-refractivity contribution in [3.05, 3.63) is 41.1 Å². The quantitative estimate of drug-likeness (QED) is 0.896. The SMILES string of the molecule is CCc1c(C(=O)NCc2ccco2)c(C)nn1C. The number of carbonyl (C=O) groups is 1. The van der Waals surface area contributed by atoms with Gasteiger partial charge in [0.1, 0.15) is 5.76 Å². The average molecular weight is 247 g/mol. The van der Waals surface area contributed by atoms with Crippen molar-refractivity contribution in [3.63, 3.8) is 0 Å². The van der Waals surface area contributed by atoms with Gasteiger partial charge in [0.15, 0.2) is 0 Å². The predicted octanol–water partition coefficient (Wildman–Crippen LogP) is 1.81. The Labute approximate surface area is 106 Å². The van der Waals surface area contributed by atoms with Gasteiger partial charge in [-0.3, -0.25) is 9.48 Å². The van der Waals surface area contributed by atoms with Crippen molar-refractivity contribution in [2.75, 3.05) is 0 Å². The van der Waals surface area contributed by atoms with Gasteiger partial charge in [0.25, 0.3) is 5.91 Å². The van der Waals surface area contributed by atoms with E-state index in [1.807, 2.05) is 27.0 Å². The number of hydrogen-bond donors (Lipinski definition) is 1. The number of hydrogen-bond acceptors (Lipinski definition) is 3. The molecule has 2 rings (SSSR count). The third kappa shape index (κ3) is 2.30. The van der Waals surface area contributed by atoms with Crippen molar-refractivity contribution < 1.29 is 9.21 Å². The molecule has 96 valence electrons. The third-order valence-corrected chi connectivity index (χ3v) is 2.91. The molecule has 0 spiro atoms. The molecule has 5 heteroatoms. The van der Waals surface area contributed by atoms with E-state index >= 15 is 0 Å². The highest BCUT2D eigenvalue weighted by atomic mass is 16.3. The Kier molecular flexibility index (Phi) is 3.50. The first-order valence-electron chi connectivity index (χ1n) is 5.96. The van der Waals surface area contributed by atoms with Crippen LogP contribution in [0.1, 0.15) is 34.4 Å².